The van der Waals surface area contributed by atoms with Gasteiger partial charge in [-0.1, -0.05) is 18.2 Å². The van der Waals surface area contributed by atoms with E-state index in [0.717, 1.165) is 5.69 Å². The lowest BCUT2D eigenvalue weighted by atomic mass is 10.2. The van der Waals surface area contributed by atoms with Crippen LogP contribution in [-0.2, 0) is 7.05 Å². The Morgan fingerprint density at radius 2 is 1.88 bits per heavy atom. The van der Waals surface area contributed by atoms with Gasteiger partial charge in [-0.25, -0.2) is 9.67 Å². The van der Waals surface area contributed by atoms with Crippen molar-refractivity contribution in [2.45, 2.75) is 6.92 Å². The fourth-order valence-corrected chi connectivity index (χ4v) is 2.57. The number of anilines is 1. The highest BCUT2D eigenvalue weighted by molar-refractivity contribution is 6.04. The summed E-state index contributed by atoms with van der Waals surface area (Å²) < 4.78 is 3.07. The molecule has 2 heterocycles. The van der Waals surface area contributed by atoms with E-state index in [1.807, 2.05) is 30.3 Å². The number of para-hydroxylation sites is 1. The number of benzene rings is 1. The Bertz CT molecular complexity index is 940. The van der Waals surface area contributed by atoms with Crippen LogP contribution in [0, 0.1) is 6.92 Å². The van der Waals surface area contributed by atoms with Gasteiger partial charge in [-0.3, -0.25) is 14.3 Å². The number of nitrogens with zero attached hydrogens (tertiary/aromatic N) is 3. The average Bonchev–Trinajstić information content (AvgIpc) is 2.80. The standard InChI is InChI=1S/C17H16N4O3/c1-11-15(16(23)19-14-9-8-13(22)10-18-14)17(24)20(2)21(11)12-6-4-3-5-7-12/h3-10,22H,1-2H3,(H,18,19,23). The van der Waals surface area contributed by atoms with Crippen LogP contribution >= 0.6 is 0 Å². The van der Waals surface area contributed by atoms with Crippen molar-refractivity contribution in [1.82, 2.24) is 14.3 Å². The maximum absolute atomic E-state index is 12.5. The molecule has 1 aromatic carbocycles. The minimum atomic E-state index is -0.541. The van der Waals surface area contributed by atoms with E-state index in [4.69, 9.17) is 0 Å². The van der Waals surface area contributed by atoms with Gasteiger partial charge in [0.1, 0.15) is 17.1 Å². The molecule has 0 atom stereocenters. The molecular weight excluding hydrogens is 308 g/mol. The largest absolute Gasteiger partial charge is 0.506 e. The van der Waals surface area contributed by atoms with Crippen molar-refractivity contribution in [3.63, 3.8) is 0 Å². The Hall–Kier alpha value is -3.35. The van der Waals surface area contributed by atoms with Crippen molar-refractivity contribution in [2.24, 2.45) is 7.05 Å². The summed E-state index contributed by atoms with van der Waals surface area (Å²) in [7, 11) is 1.61. The summed E-state index contributed by atoms with van der Waals surface area (Å²) in [6.45, 7) is 1.72. The maximum atomic E-state index is 12.5. The zero-order chi connectivity index (χ0) is 17.3. The number of hydrogen-bond acceptors (Lipinski definition) is 4. The first-order chi connectivity index (χ1) is 11.5. The van der Waals surface area contributed by atoms with Crippen molar-refractivity contribution in [3.05, 3.63) is 70.3 Å². The number of aromatic hydroxyl groups is 1. The monoisotopic (exact) mass is 324 g/mol. The first-order valence-electron chi connectivity index (χ1n) is 7.29. The summed E-state index contributed by atoms with van der Waals surface area (Å²) in [6.07, 6.45) is 1.22. The fourth-order valence-electron chi connectivity index (χ4n) is 2.57. The Balaban J connectivity index is 2.01. The smallest absolute Gasteiger partial charge is 0.279 e. The van der Waals surface area contributed by atoms with E-state index in [1.54, 1.807) is 18.7 Å². The number of pyridine rings is 1. The van der Waals surface area contributed by atoms with E-state index >= 15 is 0 Å². The van der Waals surface area contributed by atoms with Gasteiger partial charge < -0.3 is 10.4 Å². The number of amides is 1. The highest BCUT2D eigenvalue weighted by Gasteiger charge is 2.22. The number of carbonyl (C=O) groups excluding carboxylic acids is 1. The lowest BCUT2D eigenvalue weighted by Crippen LogP contribution is -2.24. The van der Waals surface area contributed by atoms with Gasteiger partial charge in [-0.2, -0.15) is 0 Å². The summed E-state index contributed by atoms with van der Waals surface area (Å²) in [5.74, 6) is -0.289. The lowest BCUT2D eigenvalue weighted by molar-refractivity contribution is 0.102. The second-order valence-corrected chi connectivity index (χ2v) is 5.29. The molecule has 3 aromatic rings. The molecule has 122 valence electrons. The number of nitrogens with one attached hydrogen (secondary N) is 1. The van der Waals surface area contributed by atoms with E-state index < -0.39 is 11.5 Å². The van der Waals surface area contributed by atoms with Crippen LogP contribution in [0.4, 0.5) is 5.82 Å². The van der Waals surface area contributed by atoms with E-state index in [1.165, 1.54) is 23.0 Å². The zero-order valence-electron chi connectivity index (χ0n) is 13.2. The van der Waals surface area contributed by atoms with Crippen molar-refractivity contribution >= 4 is 11.7 Å². The summed E-state index contributed by atoms with van der Waals surface area (Å²) in [4.78, 5) is 28.9. The molecule has 2 aromatic heterocycles. The molecule has 3 rings (SSSR count). The summed E-state index contributed by atoms with van der Waals surface area (Å²) in [6, 6.07) is 12.2. The van der Waals surface area contributed by atoms with Crippen molar-refractivity contribution in [2.75, 3.05) is 5.32 Å². The van der Waals surface area contributed by atoms with Crippen LogP contribution < -0.4 is 10.9 Å². The molecule has 1 amide bonds. The van der Waals surface area contributed by atoms with Crippen LogP contribution in [0.15, 0.2) is 53.5 Å². The van der Waals surface area contributed by atoms with E-state index in [2.05, 4.69) is 10.3 Å². The molecule has 0 saturated carbocycles. The predicted octanol–water partition coefficient (Wildman–Crippen LogP) is 1.84. The quantitative estimate of drug-likeness (QED) is 0.769. The van der Waals surface area contributed by atoms with Crippen molar-refractivity contribution < 1.29 is 9.90 Å². The lowest BCUT2D eigenvalue weighted by Gasteiger charge is -2.09. The molecule has 24 heavy (non-hydrogen) atoms. The molecule has 0 spiro atoms. The van der Waals surface area contributed by atoms with Crippen molar-refractivity contribution in [1.29, 1.82) is 0 Å². The topological polar surface area (TPSA) is 89.2 Å². The zero-order valence-corrected chi connectivity index (χ0v) is 13.2. The predicted molar refractivity (Wildman–Crippen MR) is 89.6 cm³/mol. The van der Waals surface area contributed by atoms with Crippen LogP contribution in [-0.4, -0.2) is 25.4 Å². The fraction of sp³-hybridized carbons (Fsp3) is 0.118. The van der Waals surface area contributed by atoms with Crippen molar-refractivity contribution in [3.8, 4) is 11.4 Å². The number of aromatic nitrogens is 3. The SMILES string of the molecule is Cc1c(C(=O)Nc2ccc(O)cn2)c(=O)n(C)n1-c1ccccc1. The average molecular weight is 324 g/mol. The molecule has 0 aliphatic heterocycles. The third-order valence-electron chi connectivity index (χ3n) is 3.70. The highest BCUT2D eigenvalue weighted by Crippen LogP contribution is 2.15. The van der Waals surface area contributed by atoms with Crippen LogP contribution in [0.5, 0.6) is 5.75 Å². The van der Waals surface area contributed by atoms with E-state index in [9.17, 15) is 14.7 Å². The molecule has 0 radical (unpaired) electrons. The van der Waals surface area contributed by atoms with Crippen LogP contribution in [0.2, 0.25) is 0 Å². The minimum Gasteiger partial charge on any atom is -0.506 e. The van der Waals surface area contributed by atoms with Gasteiger partial charge in [0.05, 0.1) is 17.6 Å². The van der Waals surface area contributed by atoms with Gasteiger partial charge >= 0.3 is 0 Å². The summed E-state index contributed by atoms with van der Waals surface area (Å²) >= 11 is 0. The van der Waals surface area contributed by atoms with Crippen LogP contribution in [0.3, 0.4) is 0 Å². The molecule has 0 saturated heterocycles. The second kappa shape index (κ2) is 6.04. The number of hydrogen-bond donors (Lipinski definition) is 2. The molecule has 0 bridgehead atoms. The Kier molecular flexibility index (Phi) is 3.91. The second-order valence-electron chi connectivity index (χ2n) is 5.29. The van der Waals surface area contributed by atoms with Gasteiger partial charge in [-0.15, -0.1) is 0 Å². The van der Waals surface area contributed by atoms with Gasteiger partial charge in [0.15, 0.2) is 0 Å². The summed E-state index contributed by atoms with van der Waals surface area (Å²) in [5, 5.41) is 11.8. The molecule has 0 aliphatic carbocycles. The van der Waals surface area contributed by atoms with Gasteiger partial charge in [0, 0.05) is 7.05 Å². The minimum absolute atomic E-state index is 0.00433. The molecule has 7 nitrogen and oxygen atoms in total. The van der Waals surface area contributed by atoms with Crippen LogP contribution in [0.1, 0.15) is 16.1 Å². The summed E-state index contributed by atoms with van der Waals surface area (Å²) in [5.41, 5.74) is 0.977. The molecule has 7 heteroatoms. The Labute approximate surface area is 137 Å². The van der Waals surface area contributed by atoms with Gasteiger partial charge in [0.25, 0.3) is 11.5 Å². The number of rotatable bonds is 3. The first-order valence-corrected chi connectivity index (χ1v) is 7.29. The van der Waals surface area contributed by atoms with E-state index in [-0.39, 0.29) is 17.1 Å². The van der Waals surface area contributed by atoms with E-state index in [0.29, 0.717) is 5.69 Å². The highest BCUT2D eigenvalue weighted by atomic mass is 16.3. The number of carbonyl (C=O) groups is 1. The third-order valence-corrected chi connectivity index (χ3v) is 3.70. The van der Waals surface area contributed by atoms with Gasteiger partial charge in [0.2, 0.25) is 0 Å². The molecule has 2 N–H and O–H groups in total. The third kappa shape index (κ3) is 2.67. The Morgan fingerprint density at radius 1 is 1.17 bits per heavy atom. The Morgan fingerprint density at radius 3 is 2.50 bits per heavy atom. The molecular formula is C17H16N4O3. The first kappa shape index (κ1) is 15.5. The molecule has 0 unspecified atom stereocenters. The van der Waals surface area contributed by atoms with Crippen LogP contribution in [0.25, 0.3) is 5.69 Å². The van der Waals surface area contributed by atoms with Gasteiger partial charge in [-0.05, 0) is 31.2 Å². The molecule has 0 fully saturated rings. The maximum Gasteiger partial charge on any atom is 0.279 e. The normalized spacial score (nSPS) is 10.6. The molecule has 0 aliphatic rings.